The highest BCUT2D eigenvalue weighted by Gasteiger charge is 2.28. The van der Waals surface area contributed by atoms with E-state index in [1.54, 1.807) is 6.92 Å². The lowest BCUT2D eigenvalue weighted by molar-refractivity contribution is -0.110. The molecule has 0 saturated carbocycles. The standard InChI is InChI=1S/C5H5ClO3S2/c1-3-2-4(7)10-5(3)11(6,8)9/h2H2,1H3. The third-order valence-corrected chi connectivity index (χ3v) is 4.53. The highest BCUT2D eigenvalue weighted by atomic mass is 35.7. The second kappa shape index (κ2) is 2.80. The molecule has 3 nitrogen and oxygen atoms in total. The minimum atomic E-state index is -3.69. The van der Waals surface area contributed by atoms with E-state index in [2.05, 4.69) is 0 Å². The summed E-state index contributed by atoms with van der Waals surface area (Å²) >= 11 is 0.701. The van der Waals surface area contributed by atoms with Crippen LogP contribution in [0.25, 0.3) is 0 Å². The van der Waals surface area contributed by atoms with E-state index in [1.165, 1.54) is 0 Å². The van der Waals surface area contributed by atoms with Crippen LogP contribution in [0.2, 0.25) is 0 Å². The quantitative estimate of drug-likeness (QED) is 0.618. The van der Waals surface area contributed by atoms with E-state index in [-0.39, 0.29) is 15.8 Å². The van der Waals surface area contributed by atoms with Crippen molar-refractivity contribution < 1.29 is 13.2 Å². The van der Waals surface area contributed by atoms with Gasteiger partial charge in [0.1, 0.15) is 4.24 Å². The lowest BCUT2D eigenvalue weighted by Gasteiger charge is -1.93. The van der Waals surface area contributed by atoms with Gasteiger partial charge in [0.05, 0.1) is 0 Å². The first-order valence-corrected chi connectivity index (χ1v) is 5.89. The molecular formula is C5H5ClO3S2. The van der Waals surface area contributed by atoms with Crippen LogP contribution in [0.3, 0.4) is 0 Å². The summed E-state index contributed by atoms with van der Waals surface area (Å²) in [4.78, 5) is 10.7. The van der Waals surface area contributed by atoms with Crippen molar-refractivity contribution in [2.45, 2.75) is 13.3 Å². The maximum atomic E-state index is 10.7. The first-order chi connectivity index (χ1) is 4.91. The minimum absolute atomic E-state index is 0.00386. The third kappa shape index (κ3) is 1.98. The Hall–Kier alpha value is -0.000000000000000111. The van der Waals surface area contributed by atoms with Crippen molar-refractivity contribution >= 4 is 36.6 Å². The van der Waals surface area contributed by atoms with Crippen LogP contribution in [-0.2, 0) is 13.8 Å². The van der Waals surface area contributed by atoms with Gasteiger partial charge in [0.25, 0.3) is 9.05 Å². The van der Waals surface area contributed by atoms with Gasteiger partial charge in [-0.1, -0.05) is 0 Å². The molecule has 1 heterocycles. The van der Waals surface area contributed by atoms with Crippen LogP contribution in [0.1, 0.15) is 13.3 Å². The van der Waals surface area contributed by atoms with Gasteiger partial charge in [0, 0.05) is 17.1 Å². The van der Waals surface area contributed by atoms with E-state index in [9.17, 15) is 13.2 Å². The van der Waals surface area contributed by atoms with Crippen molar-refractivity contribution in [1.29, 1.82) is 0 Å². The Morgan fingerprint density at radius 2 is 2.09 bits per heavy atom. The molecule has 0 aromatic carbocycles. The van der Waals surface area contributed by atoms with Gasteiger partial charge in [-0.3, -0.25) is 4.79 Å². The van der Waals surface area contributed by atoms with Gasteiger partial charge < -0.3 is 0 Å². The largest absolute Gasteiger partial charge is 0.286 e. The van der Waals surface area contributed by atoms with Crippen molar-refractivity contribution in [3.05, 3.63) is 9.81 Å². The number of halogens is 1. The average Bonchev–Trinajstić information content (AvgIpc) is 2.08. The molecule has 1 aliphatic rings. The van der Waals surface area contributed by atoms with E-state index in [1.807, 2.05) is 0 Å². The number of hydrogen-bond donors (Lipinski definition) is 0. The molecule has 0 aromatic heterocycles. The highest BCUT2D eigenvalue weighted by molar-refractivity contribution is 8.34. The summed E-state index contributed by atoms with van der Waals surface area (Å²) in [6.07, 6.45) is 0.186. The summed E-state index contributed by atoms with van der Waals surface area (Å²) in [5.74, 6) is 0. The summed E-state index contributed by atoms with van der Waals surface area (Å²) in [6.45, 7) is 1.59. The second-order valence-corrected chi connectivity index (χ2v) is 5.99. The summed E-state index contributed by atoms with van der Waals surface area (Å²) in [6, 6.07) is 0. The van der Waals surface area contributed by atoms with Crippen molar-refractivity contribution in [3.63, 3.8) is 0 Å². The Kier molecular flexibility index (Phi) is 2.32. The molecule has 0 aliphatic carbocycles. The number of carbonyl (C=O) groups excluding carboxylic acids is 1. The fourth-order valence-corrected chi connectivity index (χ4v) is 3.36. The number of rotatable bonds is 1. The van der Waals surface area contributed by atoms with Crippen LogP contribution in [0, 0.1) is 0 Å². The Balaban J connectivity index is 3.08. The molecule has 0 fully saturated rings. The van der Waals surface area contributed by atoms with Crippen LogP contribution in [0.15, 0.2) is 9.81 Å². The number of allylic oxidation sites excluding steroid dienone is 1. The first kappa shape index (κ1) is 9.09. The summed E-state index contributed by atoms with van der Waals surface area (Å²) in [5.41, 5.74) is 0.537. The van der Waals surface area contributed by atoms with Crippen molar-refractivity contribution in [3.8, 4) is 0 Å². The molecule has 1 aliphatic heterocycles. The van der Waals surface area contributed by atoms with Crippen LogP contribution < -0.4 is 0 Å². The van der Waals surface area contributed by atoms with E-state index in [0.717, 1.165) is 0 Å². The van der Waals surface area contributed by atoms with Crippen LogP contribution in [0.4, 0.5) is 0 Å². The first-order valence-electron chi connectivity index (χ1n) is 2.76. The zero-order valence-electron chi connectivity index (χ0n) is 5.63. The molecule has 6 heteroatoms. The molecule has 1 rings (SSSR count). The van der Waals surface area contributed by atoms with Crippen LogP contribution in [-0.4, -0.2) is 13.5 Å². The summed E-state index contributed by atoms with van der Waals surface area (Å²) in [5, 5.41) is -0.165. The van der Waals surface area contributed by atoms with Gasteiger partial charge in [-0.15, -0.1) is 0 Å². The van der Waals surface area contributed by atoms with E-state index >= 15 is 0 Å². The van der Waals surface area contributed by atoms with Gasteiger partial charge in [-0.2, -0.15) is 0 Å². The van der Waals surface area contributed by atoms with E-state index in [0.29, 0.717) is 17.3 Å². The van der Waals surface area contributed by atoms with Crippen LogP contribution >= 0.6 is 22.4 Å². The van der Waals surface area contributed by atoms with Gasteiger partial charge in [-0.05, 0) is 24.3 Å². The minimum Gasteiger partial charge on any atom is -0.286 e. The lowest BCUT2D eigenvalue weighted by atomic mass is 10.3. The van der Waals surface area contributed by atoms with Crippen LogP contribution in [0.5, 0.6) is 0 Å². The smallest absolute Gasteiger partial charge is 0.267 e. The Bertz CT molecular complexity index is 328. The topological polar surface area (TPSA) is 51.2 Å². The van der Waals surface area contributed by atoms with Gasteiger partial charge in [0.2, 0.25) is 0 Å². The monoisotopic (exact) mass is 212 g/mol. The van der Waals surface area contributed by atoms with Crippen molar-refractivity contribution in [1.82, 2.24) is 0 Å². The zero-order chi connectivity index (χ0) is 8.65. The van der Waals surface area contributed by atoms with E-state index < -0.39 is 9.05 Å². The molecule has 0 atom stereocenters. The SMILES string of the molecule is CC1=C(S(=O)(=O)Cl)SC(=O)C1. The molecule has 11 heavy (non-hydrogen) atoms. The molecule has 0 spiro atoms. The van der Waals surface area contributed by atoms with Gasteiger partial charge in [-0.25, -0.2) is 8.42 Å². The Morgan fingerprint density at radius 1 is 1.55 bits per heavy atom. The fourth-order valence-electron chi connectivity index (χ4n) is 0.773. The molecule has 0 saturated heterocycles. The number of thioether (sulfide) groups is 1. The van der Waals surface area contributed by atoms with Gasteiger partial charge in [0.15, 0.2) is 5.12 Å². The van der Waals surface area contributed by atoms with E-state index in [4.69, 9.17) is 10.7 Å². The predicted octanol–water partition coefficient (Wildman–Crippen LogP) is 1.45. The Labute approximate surface area is 73.2 Å². The fraction of sp³-hybridized carbons (Fsp3) is 0.400. The zero-order valence-corrected chi connectivity index (χ0v) is 8.02. The maximum Gasteiger partial charge on any atom is 0.267 e. The molecule has 0 aromatic rings. The average molecular weight is 213 g/mol. The van der Waals surface area contributed by atoms with Gasteiger partial charge >= 0.3 is 0 Å². The normalized spacial score (nSPS) is 19.6. The van der Waals surface area contributed by atoms with Crippen molar-refractivity contribution in [2.75, 3.05) is 0 Å². The molecule has 0 bridgehead atoms. The number of carbonyl (C=O) groups is 1. The molecular weight excluding hydrogens is 208 g/mol. The molecule has 0 N–H and O–H groups in total. The predicted molar refractivity (Wildman–Crippen MR) is 44.7 cm³/mol. The number of hydrogen-bond acceptors (Lipinski definition) is 4. The second-order valence-electron chi connectivity index (χ2n) is 2.16. The maximum absolute atomic E-state index is 10.7. The highest BCUT2D eigenvalue weighted by Crippen LogP contribution is 2.37. The molecule has 0 unspecified atom stereocenters. The lowest BCUT2D eigenvalue weighted by Crippen LogP contribution is -1.89. The molecule has 62 valence electrons. The third-order valence-electron chi connectivity index (χ3n) is 1.19. The molecule has 0 radical (unpaired) electrons. The van der Waals surface area contributed by atoms with Crippen molar-refractivity contribution in [2.24, 2.45) is 0 Å². The summed E-state index contributed by atoms with van der Waals surface area (Å²) in [7, 11) is 1.35. The summed E-state index contributed by atoms with van der Waals surface area (Å²) < 4.78 is 21.5. The molecule has 0 amide bonds. The Morgan fingerprint density at radius 3 is 2.27 bits per heavy atom.